The first-order valence-corrected chi connectivity index (χ1v) is 13.3. The zero-order valence-corrected chi connectivity index (χ0v) is 22.1. The minimum atomic E-state index is -3.34. The van der Waals surface area contributed by atoms with Crippen molar-refractivity contribution in [2.45, 2.75) is 57.4 Å². The highest BCUT2D eigenvalue weighted by molar-refractivity contribution is 7.90. The van der Waals surface area contributed by atoms with E-state index in [-0.39, 0.29) is 10.7 Å². The first kappa shape index (κ1) is 27.4. The summed E-state index contributed by atoms with van der Waals surface area (Å²) in [6, 6.07) is 14.6. The molecule has 0 aliphatic rings. The lowest BCUT2D eigenvalue weighted by Crippen LogP contribution is -2.39. The Morgan fingerprint density at radius 3 is 2.19 bits per heavy atom. The third kappa shape index (κ3) is 6.73. The zero-order chi connectivity index (χ0) is 26.8. The van der Waals surface area contributed by atoms with Crippen molar-refractivity contribution in [3.63, 3.8) is 0 Å². The summed E-state index contributed by atoms with van der Waals surface area (Å²) in [4.78, 5) is 12.3. The molecular weight excluding hydrogens is 483 g/mol. The van der Waals surface area contributed by atoms with E-state index in [1.807, 2.05) is 24.5 Å². The molecule has 0 saturated heterocycles. The maximum absolute atomic E-state index is 13.6. The number of halogens is 1. The summed E-state index contributed by atoms with van der Waals surface area (Å²) in [7, 11) is -3.34. The van der Waals surface area contributed by atoms with Crippen LogP contribution in [0.2, 0.25) is 0 Å². The number of ether oxygens (including phenoxy) is 2. The number of carbonyl (C=O) groups is 1. The summed E-state index contributed by atoms with van der Waals surface area (Å²) in [6.07, 6.45) is -0.827. The fraction of sp³-hybridized carbons (Fsp3) is 0.333. The molecule has 0 aliphatic heterocycles. The van der Waals surface area contributed by atoms with E-state index in [0.29, 0.717) is 0 Å². The molecule has 0 fully saturated rings. The van der Waals surface area contributed by atoms with Crippen molar-refractivity contribution in [1.29, 1.82) is 0 Å². The van der Waals surface area contributed by atoms with Gasteiger partial charge in [-0.2, -0.15) is 0 Å². The van der Waals surface area contributed by atoms with E-state index in [1.54, 1.807) is 57.2 Å². The van der Waals surface area contributed by atoms with Gasteiger partial charge in [0, 0.05) is 23.2 Å². The van der Waals surface area contributed by atoms with Crippen molar-refractivity contribution in [3.05, 3.63) is 78.6 Å². The van der Waals surface area contributed by atoms with Gasteiger partial charge in [-0.3, -0.25) is 5.32 Å². The van der Waals surface area contributed by atoms with Crippen LogP contribution in [-0.2, 0) is 19.3 Å². The van der Waals surface area contributed by atoms with Crippen LogP contribution in [0.5, 0.6) is 0 Å². The number of nitrogens with zero attached hydrogens (tertiary/aromatic N) is 1. The van der Waals surface area contributed by atoms with Gasteiger partial charge in [0.05, 0.1) is 16.7 Å². The lowest BCUT2D eigenvalue weighted by molar-refractivity contribution is -0.00892. The second-order valence-corrected chi connectivity index (χ2v) is 11.6. The summed E-state index contributed by atoms with van der Waals surface area (Å²) in [6.45, 7) is 12.9. The second kappa shape index (κ2) is 10.4. The maximum atomic E-state index is 13.6. The number of alkyl carbamates (subject to hydrolysis) is 1. The van der Waals surface area contributed by atoms with E-state index in [9.17, 15) is 17.6 Å². The summed E-state index contributed by atoms with van der Waals surface area (Å²) >= 11 is 0. The fourth-order valence-corrected chi connectivity index (χ4v) is 4.47. The number of sulfone groups is 1. The fourth-order valence-electron chi connectivity index (χ4n) is 3.84. The largest absolute Gasteiger partial charge is 0.444 e. The first-order valence-electron chi connectivity index (χ1n) is 11.4. The molecular formula is C27H32FN2O5S. The Labute approximate surface area is 212 Å². The molecule has 9 heteroatoms. The molecule has 0 aliphatic carbocycles. The highest BCUT2D eigenvalue weighted by atomic mass is 32.2. The molecule has 2 aromatic carbocycles. The molecule has 1 N–H and O–H groups in total. The Morgan fingerprint density at radius 1 is 1.08 bits per heavy atom. The van der Waals surface area contributed by atoms with E-state index in [4.69, 9.17) is 9.47 Å². The molecule has 193 valence electrons. The Hall–Kier alpha value is -3.17. The molecule has 3 aromatic rings. The quantitative estimate of drug-likeness (QED) is 0.405. The predicted molar refractivity (Wildman–Crippen MR) is 137 cm³/mol. The average molecular weight is 516 g/mol. The van der Waals surface area contributed by atoms with Crippen LogP contribution >= 0.6 is 0 Å². The van der Waals surface area contributed by atoms with Crippen LogP contribution < -0.4 is 5.32 Å². The number of hydrogen-bond acceptors (Lipinski definition) is 5. The third-order valence-electron chi connectivity index (χ3n) is 5.43. The SMILES string of the molecule is [CH2]C(NC(=O)OC(C)(C)C)OC(C)c1cc(-c2ccc(S(C)(=O)=O)cc2)n(-c2ccc(F)cc2)c1C. The van der Waals surface area contributed by atoms with Gasteiger partial charge in [-0.15, -0.1) is 0 Å². The number of nitrogens with one attached hydrogen (secondary N) is 1. The predicted octanol–water partition coefficient (Wildman–Crippen LogP) is 5.76. The highest BCUT2D eigenvalue weighted by Gasteiger charge is 2.23. The summed E-state index contributed by atoms with van der Waals surface area (Å²) in [5.41, 5.74) is 3.27. The van der Waals surface area contributed by atoms with Gasteiger partial charge in [0.2, 0.25) is 0 Å². The Kier molecular flexibility index (Phi) is 7.95. The van der Waals surface area contributed by atoms with E-state index >= 15 is 0 Å². The molecule has 1 heterocycles. The van der Waals surface area contributed by atoms with Gasteiger partial charge in [-0.05, 0) is 89.6 Å². The standard InChI is InChI=1S/C27H32FN2O5S/c1-17-24(18(2)34-19(3)29-26(31)35-27(4,5)6)16-25(30(17)22-12-10-21(28)11-13-22)20-8-14-23(15-9-20)36(7,32)33/h8-16,18-19H,3H2,1-2,4-7H3,(H,29,31). The molecule has 1 radical (unpaired) electrons. The Morgan fingerprint density at radius 2 is 1.67 bits per heavy atom. The number of aromatic nitrogens is 1. The topological polar surface area (TPSA) is 86.6 Å². The Bertz CT molecular complexity index is 1320. The molecule has 1 aromatic heterocycles. The second-order valence-electron chi connectivity index (χ2n) is 9.59. The average Bonchev–Trinajstić information content (AvgIpc) is 3.09. The molecule has 0 spiro atoms. The maximum Gasteiger partial charge on any atom is 0.409 e. The molecule has 0 saturated carbocycles. The molecule has 2 atom stereocenters. The van der Waals surface area contributed by atoms with Gasteiger partial charge in [0.1, 0.15) is 17.6 Å². The van der Waals surface area contributed by atoms with E-state index < -0.39 is 33.9 Å². The van der Waals surface area contributed by atoms with Crippen molar-refractivity contribution in [1.82, 2.24) is 9.88 Å². The lowest BCUT2D eigenvalue weighted by Gasteiger charge is -2.24. The minimum absolute atomic E-state index is 0.216. The van der Waals surface area contributed by atoms with E-state index in [1.165, 1.54) is 12.1 Å². The van der Waals surface area contributed by atoms with E-state index in [0.717, 1.165) is 34.5 Å². The number of benzene rings is 2. The summed E-state index contributed by atoms with van der Waals surface area (Å²) in [5, 5.41) is 2.57. The van der Waals surface area contributed by atoms with Crippen LogP contribution in [0, 0.1) is 19.7 Å². The van der Waals surface area contributed by atoms with Gasteiger partial charge in [-0.25, -0.2) is 17.6 Å². The molecule has 1 amide bonds. The van der Waals surface area contributed by atoms with Crippen LogP contribution in [0.4, 0.5) is 9.18 Å². The summed E-state index contributed by atoms with van der Waals surface area (Å²) in [5.74, 6) is -0.354. The Balaban J connectivity index is 1.97. The smallest absolute Gasteiger partial charge is 0.409 e. The molecule has 3 rings (SSSR count). The van der Waals surface area contributed by atoms with Crippen LogP contribution in [0.1, 0.15) is 45.1 Å². The highest BCUT2D eigenvalue weighted by Crippen LogP contribution is 2.34. The van der Waals surface area contributed by atoms with Crippen molar-refractivity contribution in [2.24, 2.45) is 0 Å². The van der Waals surface area contributed by atoms with Crippen LogP contribution in [0.25, 0.3) is 16.9 Å². The summed E-state index contributed by atoms with van der Waals surface area (Å²) < 4.78 is 50.6. The van der Waals surface area contributed by atoms with Gasteiger partial charge >= 0.3 is 6.09 Å². The monoisotopic (exact) mass is 515 g/mol. The van der Waals surface area contributed by atoms with Crippen LogP contribution in [-0.4, -0.2) is 37.2 Å². The molecule has 0 bridgehead atoms. The third-order valence-corrected chi connectivity index (χ3v) is 6.56. The van der Waals surface area contributed by atoms with Gasteiger partial charge in [0.15, 0.2) is 9.84 Å². The van der Waals surface area contributed by atoms with Crippen LogP contribution in [0.15, 0.2) is 59.5 Å². The zero-order valence-electron chi connectivity index (χ0n) is 21.3. The lowest BCUT2D eigenvalue weighted by atomic mass is 10.1. The number of carbonyl (C=O) groups excluding carboxylic acids is 1. The van der Waals surface area contributed by atoms with Crippen molar-refractivity contribution >= 4 is 15.9 Å². The number of rotatable bonds is 7. The molecule has 7 nitrogen and oxygen atoms in total. The first-order chi connectivity index (χ1) is 16.7. The van der Waals surface area contributed by atoms with Crippen molar-refractivity contribution in [2.75, 3.05) is 6.26 Å². The normalized spacial score (nSPS) is 13.8. The number of hydrogen-bond donors (Lipinski definition) is 1. The molecule has 36 heavy (non-hydrogen) atoms. The van der Waals surface area contributed by atoms with Crippen LogP contribution in [0.3, 0.4) is 0 Å². The van der Waals surface area contributed by atoms with E-state index in [2.05, 4.69) is 12.2 Å². The van der Waals surface area contributed by atoms with Crippen molar-refractivity contribution in [3.8, 4) is 16.9 Å². The number of amides is 1. The molecule has 2 unspecified atom stereocenters. The van der Waals surface area contributed by atoms with Gasteiger partial charge in [-0.1, -0.05) is 12.1 Å². The van der Waals surface area contributed by atoms with Gasteiger partial charge in [0.25, 0.3) is 0 Å². The minimum Gasteiger partial charge on any atom is -0.444 e. The van der Waals surface area contributed by atoms with Gasteiger partial charge < -0.3 is 14.0 Å². The van der Waals surface area contributed by atoms with Crippen molar-refractivity contribution < 1.29 is 27.1 Å².